The fraction of sp³-hybridized carbons (Fsp3) is 0.250. The van der Waals surface area contributed by atoms with Crippen molar-refractivity contribution in [1.29, 1.82) is 0 Å². The summed E-state index contributed by atoms with van der Waals surface area (Å²) in [5.74, 6) is -0.0758. The first-order valence-corrected chi connectivity index (χ1v) is 5.90. The van der Waals surface area contributed by atoms with Crippen molar-refractivity contribution in [3.05, 3.63) is 35.6 Å². The van der Waals surface area contributed by atoms with Crippen LogP contribution in [0.4, 0.5) is 0 Å². The number of rotatable bonds is 5. The highest BCUT2D eigenvalue weighted by Gasteiger charge is 2.07. The molecule has 0 spiro atoms. The van der Waals surface area contributed by atoms with Gasteiger partial charge >= 0.3 is 5.97 Å². The van der Waals surface area contributed by atoms with Gasteiger partial charge in [0.25, 0.3) is 0 Å². The fourth-order valence-electron chi connectivity index (χ4n) is 1.64. The molecule has 1 aromatic carbocycles. The van der Waals surface area contributed by atoms with Gasteiger partial charge in [0.1, 0.15) is 6.33 Å². The fourth-order valence-corrected chi connectivity index (χ4v) is 1.77. The summed E-state index contributed by atoms with van der Waals surface area (Å²) in [6.45, 7) is 0.581. The molecule has 5 nitrogen and oxygen atoms in total. The van der Waals surface area contributed by atoms with E-state index in [4.69, 9.17) is 16.7 Å². The van der Waals surface area contributed by atoms with E-state index in [-0.39, 0.29) is 6.42 Å². The van der Waals surface area contributed by atoms with Crippen molar-refractivity contribution < 1.29 is 9.90 Å². The van der Waals surface area contributed by atoms with Crippen molar-refractivity contribution in [2.45, 2.75) is 19.4 Å². The maximum atomic E-state index is 10.5. The number of nitrogens with zero attached hydrogens (tertiary/aromatic N) is 3. The summed E-state index contributed by atoms with van der Waals surface area (Å²) < 4.78 is 1.84. The molecule has 0 bridgehead atoms. The maximum Gasteiger partial charge on any atom is 0.303 e. The molecule has 18 heavy (non-hydrogen) atoms. The van der Waals surface area contributed by atoms with Crippen molar-refractivity contribution in [2.24, 2.45) is 0 Å². The number of halogens is 1. The van der Waals surface area contributed by atoms with Gasteiger partial charge in [-0.15, -0.1) is 10.2 Å². The molecule has 0 fully saturated rings. The van der Waals surface area contributed by atoms with E-state index in [0.717, 1.165) is 11.4 Å². The number of aryl methyl sites for hydroxylation is 1. The first-order chi connectivity index (χ1) is 8.66. The number of hydrogen-bond donors (Lipinski definition) is 1. The number of benzene rings is 1. The number of aliphatic carboxylic acids is 1. The van der Waals surface area contributed by atoms with Crippen molar-refractivity contribution in [3.8, 4) is 11.4 Å². The molecule has 0 unspecified atom stereocenters. The standard InChI is InChI=1S/C12H12ClN3O2/c13-10-5-3-9(4-6-10)12-15-14-8-16(12)7-1-2-11(17)18/h3-6,8H,1-2,7H2,(H,17,18). The zero-order chi connectivity index (χ0) is 13.0. The van der Waals surface area contributed by atoms with Crippen molar-refractivity contribution >= 4 is 17.6 Å². The van der Waals surface area contributed by atoms with Gasteiger partial charge in [-0.25, -0.2) is 0 Å². The first kappa shape index (κ1) is 12.6. The Hall–Kier alpha value is -1.88. The third-order valence-electron chi connectivity index (χ3n) is 2.51. The second kappa shape index (κ2) is 5.64. The summed E-state index contributed by atoms with van der Waals surface area (Å²) in [4.78, 5) is 10.5. The second-order valence-electron chi connectivity index (χ2n) is 3.85. The maximum absolute atomic E-state index is 10.5. The van der Waals surface area contributed by atoms with E-state index in [1.165, 1.54) is 0 Å². The van der Waals surface area contributed by atoms with Crippen LogP contribution in [0, 0.1) is 0 Å². The molecular formula is C12H12ClN3O2. The average molecular weight is 266 g/mol. The molecule has 0 saturated heterocycles. The van der Waals surface area contributed by atoms with Gasteiger partial charge in [0.2, 0.25) is 0 Å². The smallest absolute Gasteiger partial charge is 0.303 e. The van der Waals surface area contributed by atoms with Crippen LogP contribution in [0.25, 0.3) is 11.4 Å². The van der Waals surface area contributed by atoms with E-state index in [0.29, 0.717) is 18.0 Å². The van der Waals surface area contributed by atoms with Gasteiger partial charge in [0.05, 0.1) is 0 Å². The van der Waals surface area contributed by atoms with Crippen LogP contribution in [-0.4, -0.2) is 25.8 Å². The Morgan fingerprint density at radius 3 is 2.72 bits per heavy atom. The van der Waals surface area contributed by atoms with Gasteiger partial charge < -0.3 is 9.67 Å². The quantitative estimate of drug-likeness (QED) is 0.902. The number of hydrogen-bond acceptors (Lipinski definition) is 3. The van der Waals surface area contributed by atoms with E-state index in [9.17, 15) is 4.79 Å². The summed E-state index contributed by atoms with van der Waals surface area (Å²) >= 11 is 5.82. The Morgan fingerprint density at radius 2 is 2.06 bits per heavy atom. The molecule has 94 valence electrons. The molecule has 2 aromatic rings. The minimum atomic E-state index is -0.795. The average Bonchev–Trinajstić information content (AvgIpc) is 2.78. The molecule has 1 aromatic heterocycles. The molecule has 1 N–H and O–H groups in total. The first-order valence-electron chi connectivity index (χ1n) is 5.52. The van der Waals surface area contributed by atoms with Gasteiger partial charge in [-0.2, -0.15) is 0 Å². The molecule has 0 saturated carbocycles. The van der Waals surface area contributed by atoms with Crippen LogP contribution in [0.1, 0.15) is 12.8 Å². The van der Waals surface area contributed by atoms with Crippen molar-refractivity contribution in [3.63, 3.8) is 0 Å². The monoisotopic (exact) mass is 265 g/mol. The molecule has 0 aliphatic heterocycles. The zero-order valence-corrected chi connectivity index (χ0v) is 10.3. The van der Waals surface area contributed by atoms with E-state index in [1.54, 1.807) is 18.5 Å². The molecule has 0 amide bonds. The van der Waals surface area contributed by atoms with Gasteiger partial charge in [-0.05, 0) is 30.7 Å². The lowest BCUT2D eigenvalue weighted by Gasteiger charge is -2.05. The predicted molar refractivity (Wildman–Crippen MR) is 67.3 cm³/mol. The SMILES string of the molecule is O=C(O)CCCn1cnnc1-c1ccc(Cl)cc1. The van der Waals surface area contributed by atoms with Crippen molar-refractivity contribution in [1.82, 2.24) is 14.8 Å². The minimum absolute atomic E-state index is 0.137. The Morgan fingerprint density at radius 1 is 1.33 bits per heavy atom. The van der Waals surface area contributed by atoms with Crippen LogP contribution in [0.15, 0.2) is 30.6 Å². The van der Waals surface area contributed by atoms with Gasteiger partial charge in [-0.3, -0.25) is 4.79 Å². The van der Waals surface area contributed by atoms with Crippen LogP contribution in [-0.2, 0) is 11.3 Å². The summed E-state index contributed by atoms with van der Waals surface area (Å²) in [7, 11) is 0. The summed E-state index contributed by atoms with van der Waals surface area (Å²) in [5, 5.41) is 17.2. The lowest BCUT2D eigenvalue weighted by molar-refractivity contribution is -0.137. The molecule has 1 heterocycles. The number of carboxylic acid groups (broad SMARTS) is 1. The lowest BCUT2D eigenvalue weighted by atomic mass is 10.2. The highest BCUT2D eigenvalue weighted by atomic mass is 35.5. The van der Waals surface area contributed by atoms with Crippen LogP contribution in [0.5, 0.6) is 0 Å². The van der Waals surface area contributed by atoms with E-state index < -0.39 is 5.97 Å². The normalized spacial score (nSPS) is 10.5. The van der Waals surface area contributed by atoms with Gasteiger partial charge in [0.15, 0.2) is 5.82 Å². The molecule has 0 atom stereocenters. The zero-order valence-electron chi connectivity index (χ0n) is 9.58. The van der Waals surface area contributed by atoms with Crippen LogP contribution in [0.3, 0.4) is 0 Å². The second-order valence-corrected chi connectivity index (χ2v) is 4.29. The highest BCUT2D eigenvalue weighted by molar-refractivity contribution is 6.30. The Kier molecular flexibility index (Phi) is 3.94. The Labute approximate surface area is 109 Å². The lowest BCUT2D eigenvalue weighted by Crippen LogP contribution is -2.02. The molecular weight excluding hydrogens is 254 g/mol. The van der Waals surface area contributed by atoms with E-state index >= 15 is 0 Å². The Balaban J connectivity index is 2.12. The largest absolute Gasteiger partial charge is 0.481 e. The van der Waals surface area contributed by atoms with Gasteiger partial charge in [-0.1, -0.05) is 11.6 Å². The molecule has 0 aliphatic carbocycles. The summed E-state index contributed by atoms with van der Waals surface area (Å²) in [5.41, 5.74) is 0.909. The van der Waals surface area contributed by atoms with E-state index in [2.05, 4.69) is 10.2 Å². The summed E-state index contributed by atoms with van der Waals surface area (Å²) in [6, 6.07) is 7.29. The number of carboxylic acids is 1. The summed E-state index contributed by atoms with van der Waals surface area (Å²) in [6.07, 6.45) is 2.29. The van der Waals surface area contributed by atoms with Crippen LogP contribution >= 0.6 is 11.6 Å². The molecule has 6 heteroatoms. The number of carbonyl (C=O) groups is 1. The van der Waals surface area contributed by atoms with Crippen molar-refractivity contribution in [2.75, 3.05) is 0 Å². The van der Waals surface area contributed by atoms with Crippen LogP contribution < -0.4 is 0 Å². The highest BCUT2D eigenvalue weighted by Crippen LogP contribution is 2.19. The molecule has 0 radical (unpaired) electrons. The third-order valence-corrected chi connectivity index (χ3v) is 2.76. The third kappa shape index (κ3) is 3.07. The molecule has 2 rings (SSSR count). The predicted octanol–water partition coefficient (Wildman–Crippen LogP) is 2.46. The van der Waals surface area contributed by atoms with E-state index in [1.807, 2.05) is 16.7 Å². The van der Waals surface area contributed by atoms with Crippen LogP contribution in [0.2, 0.25) is 5.02 Å². The Bertz CT molecular complexity index is 537. The number of aromatic nitrogens is 3. The topological polar surface area (TPSA) is 68.0 Å². The van der Waals surface area contributed by atoms with Gasteiger partial charge in [0, 0.05) is 23.6 Å². The minimum Gasteiger partial charge on any atom is -0.481 e. The molecule has 0 aliphatic rings.